The van der Waals surface area contributed by atoms with Gasteiger partial charge in [-0.2, -0.15) is 0 Å². The zero-order valence-corrected chi connectivity index (χ0v) is 20.9. The number of thiol groups is 1. The van der Waals surface area contributed by atoms with Crippen LogP contribution in [0.1, 0.15) is 23.2 Å². The molecule has 0 saturated heterocycles. The molecule has 0 unspecified atom stereocenters. The molecule has 0 bridgehead atoms. The summed E-state index contributed by atoms with van der Waals surface area (Å²) >= 11 is 3.23. The van der Waals surface area contributed by atoms with Crippen LogP contribution in [-0.4, -0.2) is 43.4 Å². The van der Waals surface area contributed by atoms with E-state index in [0.29, 0.717) is 20.5 Å². The van der Waals surface area contributed by atoms with Gasteiger partial charge in [-0.05, 0) is 30.3 Å². The van der Waals surface area contributed by atoms with E-state index in [1.54, 1.807) is 18.2 Å². The molecule has 2 heterocycles. The van der Waals surface area contributed by atoms with Crippen LogP contribution >= 0.6 is 15.9 Å². The number of hydrogen-bond donors (Lipinski definition) is 3. The van der Waals surface area contributed by atoms with E-state index in [9.17, 15) is 28.4 Å². The number of hydrogen-bond acceptors (Lipinski definition) is 9. The van der Waals surface area contributed by atoms with E-state index in [0.717, 1.165) is 0 Å². The maximum absolute atomic E-state index is 12.7. The molecule has 2 aromatic carbocycles. The van der Waals surface area contributed by atoms with E-state index in [1.165, 1.54) is 35.4 Å². The van der Waals surface area contributed by atoms with Gasteiger partial charge in [0.15, 0.2) is 5.52 Å². The van der Waals surface area contributed by atoms with Crippen molar-refractivity contribution in [1.82, 2.24) is 10.00 Å². The fraction of sp³-hybridized carbons (Fsp3) is 0.190. The van der Waals surface area contributed by atoms with Gasteiger partial charge in [0.2, 0.25) is 16.0 Å². The minimum Gasteiger partial charge on any atom is -0.739 e. The topological polar surface area (TPSA) is 172 Å². The van der Waals surface area contributed by atoms with Crippen LogP contribution in [0, 0.1) is 10.4 Å². The van der Waals surface area contributed by atoms with Crippen molar-refractivity contribution in [2.75, 3.05) is 23.1 Å². The number of nitrogens with one attached hydrogen (secondary N) is 2. The van der Waals surface area contributed by atoms with Crippen LogP contribution in [0.15, 0.2) is 58.9 Å². The summed E-state index contributed by atoms with van der Waals surface area (Å²) in [7, 11) is -2.86. The predicted molar refractivity (Wildman–Crippen MR) is 131 cm³/mol. The van der Waals surface area contributed by atoms with Crippen LogP contribution in [-0.2, 0) is 20.4 Å². The SMILES string of the molecule is O=C(CCNc1n[n+]([O-])c2cc(Br)ccc2[n+]1[O-])OC1=CN(C(=O)c2cccc(N[SH](=O)=O)c2)CC1. The van der Waals surface area contributed by atoms with Gasteiger partial charge in [0.05, 0.1) is 13.0 Å². The number of rotatable bonds is 8. The van der Waals surface area contributed by atoms with E-state index in [1.807, 2.05) is 0 Å². The van der Waals surface area contributed by atoms with Crippen molar-refractivity contribution in [3.63, 3.8) is 0 Å². The molecule has 1 aliphatic heterocycles. The van der Waals surface area contributed by atoms with Gasteiger partial charge in [-0.1, -0.05) is 22.0 Å². The molecule has 13 nitrogen and oxygen atoms in total. The number of anilines is 2. The molecule has 0 aliphatic carbocycles. The van der Waals surface area contributed by atoms with Gasteiger partial charge in [-0.15, -0.1) is 0 Å². The molecular formula is C21H19BrN6O7S. The van der Waals surface area contributed by atoms with Crippen molar-refractivity contribution in [3.8, 4) is 0 Å². The average Bonchev–Trinajstić information content (AvgIpc) is 3.29. The highest BCUT2D eigenvalue weighted by atomic mass is 79.9. The molecule has 0 atom stereocenters. The second kappa shape index (κ2) is 10.7. The van der Waals surface area contributed by atoms with Crippen LogP contribution in [0.2, 0.25) is 0 Å². The molecule has 36 heavy (non-hydrogen) atoms. The number of ether oxygens (including phenoxy) is 1. The number of carbonyl (C=O) groups excluding carboxylic acids is 2. The molecule has 4 rings (SSSR count). The number of esters is 1. The first-order chi connectivity index (χ1) is 17.2. The Morgan fingerprint density at radius 2 is 1.97 bits per heavy atom. The molecule has 0 radical (unpaired) electrons. The zero-order chi connectivity index (χ0) is 25.8. The normalized spacial score (nSPS) is 13.1. The minimum absolute atomic E-state index is 0.0200. The summed E-state index contributed by atoms with van der Waals surface area (Å²) in [6.07, 6.45) is 1.59. The highest BCUT2D eigenvalue weighted by molar-refractivity contribution is 9.10. The van der Waals surface area contributed by atoms with Crippen LogP contribution < -0.4 is 19.6 Å². The van der Waals surface area contributed by atoms with Crippen molar-refractivity contribution in [1.29, 1.82) is 0 Å². The van der Waals surface area contributed by atoms with E-state index in [2.05, 4.69) is 31.1 Å². The minimum atomic E-state index is -2.86. The van der Waals surface area contributed by atoms with Gasteiger partial charge in [0.25, 0.3) is 5.91 Å². The summed E-state index contributed by atoms with van der Waals surface area (Å²) in [5.74, 6) is -0.961. The standard InChI is InChI=1S/C21H19BrN6O7S/c22-14-4-5-17-18(11-14)28(32)24-21(27(17)31)23-8-6-19(29)35-16-7-9-26(12-16)20(30)13-2-1-3-15(10-13)25-36(33)34/h1-5,10-12,36H,6-9H2,(H,23,24)(H,25,33,34). The molecule has 2 N–H and O–H groups in total. The van der Waals surface area contributed by atoms with Crippen LogP contribution in [0.5, 0.6) is 0 Å². The largest absolute Gasteiger partial charge is 0.739 e. The molecule has 0 saturated carbocycles. The highest BCUT2D eigenvalue weighted by Crippen LogP contribution is 2.20. The third kappa shape index (κ3) is 5.80. The number of aromatic nitrogens is 3. The Balaban J connectivity index is 1.32. The highest BCUT2D eigenvalue weighted by Gasteiger charge is 2.24. The Labute approximate surface area is 214 Å². The first kappa shape index (κ1) is 25.1. The van der Waals surface area contributed by atoms with Crippen LogP contribution in [0.4, 0.5) is 11.6 Å². The van der Waals surface area contributed by atoms with Crippen LogP contribution in [0.25, 0.3) is 11.0 Å². The third-order valence-electron chi connectivity index (χ3n) is 5.09. The Kier molecular flexibility index (Phi) is 7.49. The smallest absolute Gasteiger partial charge is 0.460 e. The van der Waals surface area contributed by atoms with Crippen molar-refractivity contribution < 1.29 is 32.3 Å². The Hall–Kier alpha value is -3.98. The van der Waals surface area contributed by atoms with Gasteiger partial charge >= 0.3 is 17.4 Å². The first-order valence-corrected chi connectivity index (χ1v) is 12.5. The number of fused-ring (bicyclic) bond motifs is 1. The number of benzene rings is 2. The quantitative estimate of drug-likeness (QED) is 0.152. The molecule has 3 aromatic rings. The van der Waals surface area contributed by atoms with Gasteiger partial charge in [-0.3, -0.25) is 19.6 Å². The van der Waals surface area contributed by atoms with E-state index in [4.69, 9.17) is 4.74 Å². The lowest BCUT2D eigenvalue weighted by molar-refractivity contribution is -0.672. The second-order valence-corrected chi connectivity index (χ2v) is 9.22. The van der Waals surface area contributed by atoms with E-state index in [-0.39, 0.29) is 59.4 Å². The molecule has 188 valence electrons. The molecule has 1 aromatic heterocycles. The van der Waals surface area contributed by atoms with Crippen molar-refractivity contribution in [2.45, 2.75) is 12.8 Å². The second-order valence-electron chi connectivity index (χ2n) is 7.57. The lowest BCUT2D eigenvalue weighted by Crippen LogP contribution is -2.44. The summed E-state index contributed by atoms with van der Waals surface area (Å²) in [6.45, 7) is 0.262. The molecule has 15 heteroatoms. The Morgan fingerprint density at radius 3 is 2.75 bits per heavy atom. The molecule has 0 spiro atoms. The summed E-state index contributed by atoms with van der Waals surface area (Å²) in [5.41, 5.74) is 0.717. The summed E-state index contributed by atoms with van der Waals surface area (Å²) in [4.78, 5) is 26.6. The van der Waals surface area contributed by atoms with Crippen molar-refractivity contribution >= 4 is 61.4 Å². The van der Waals surface area contributed by atoms with Crippen molar-refractivity contribution in [2.24, 2.45) is 0 Å². The van der Waals surface area contributed by atoms with Gasteiger partial charge in [0.1, 0.15) is 5.76 Å². The van der Waals surface area contributed by atoms with Crippen LogP contribution in [0.3, 0.4) is 0 Å². The summed E-state index contributed by atoms with van der Waals surface area (Å²) in [6, 6.07) is 10.6. The molecule has 1 amide bonds. The predicted octanol–water partition coefficient (Wildman–Crippen LogP) is 0.935. The Bertz CT molecular complexity index is 1450. The van der Waals surface area contributed by atoms with E-state index < -0.39 is 16.9 Å². The number of amides is 1. The zero-order valence-electron chi connectivity index (χ0n) is 18.4. The van der Waals surface area contributed by atoms with Crippen molar-refractivity contribution in [3.05, 3.63) is 74.9 Å². The summed E-state index contributed by atoms with van der Waals surface area (Å²) in [5, 5.41) is 30.9. The number of halogens is 1. The van der Waals surface area contributed by atoms with Gasteiger partial charge < -0.3 is 20.1 Å². The monoisotopic (exact) mass is 578 g/mol. The van der Waals surface area contributed by atoms with E-state index >= 15 is 0 Å². The average molecular weight is 579 g/mol. The van der Waals surface area contributed by atoms with Gasteiger partial charge in [-0.25, -0.2) is 13.1 Å². The van der Waals surface area contributed by atoms with Gasteiger partial charge in [0, 0.05) is 45.8 Å². The lowest BCUT2D eigenvalue weighted by Gasteiger charge is -2.13. The molecule has 0 fully saturated rings. The maximum atomic E-state index is 12.7. The number of carbonyl (C=O) groups is 2. The fourth-order valence-electron chi connectivity index (χ4n) is 3.46. The lowest BCUT2D eigenvalue weighted by atomic mass is 10.2. The fourth-order valence-corrected chi connectivity index (χ4v) is 4.16. The first-order valence-electron chi connectivity index (χ1n) is 10.5. The summed E-state index contributed by atoms with van der Waals surface area (Å²) < 4.78 is 30.3. The molecule has 1 aliphatic rings. The maximum Gasteiger partial charge on any atom is 0.460 e. The Morgan fingerprint density at radius 1 is 1.17 bits per heavy atom. The number of nitrogens with zero attached hydrogens (tertiary/aromatic N) is 4. The third-order valence-corrected chi connectivity index (χ3v) is 6.02. The molecular weight excluding hydrogens is 560 g/mol.